The highest BCUT2D eigenvalue weighted by Crippen LogP contribution is 2.11. The maximum atomic E-state index is 11.5. The summed E-state index contributed by atoms with van der Waals surface area (Å²) in [7, 11) is 1.33. The smallest absolute Gasteiger partial charge is 0.305 e. The van der Waals surface area contributed by atoms with Gasteiger partial charge in [-0.3, -0.25) is 9.59 Å². The first-order valence-electron chi connectivity index (χ1n) is 5.38. The summed E-state index contributed by atoms with van der Waals surface area (Å²) in [5.74, 6) is -0.434. The Bertz CT molecular complexity index is 216. The zero-order valence-corrected chi connectivity index (χ0v) is 9.79. The average Bonchev–Trinajstić information content (AvgIpc) is 2.24. The zero-order chi connectivity index (χ0) is 11.8. The Hall–Kier alpha value is -0.900. The molecule has 0 heterocycles. The lowest BCUT2D eigenvalue weighted by Gasteiger charge is -2.17. The summed E-state index contributed by atoms with van der Waals surface area (Å²) < 4.78 is 4.53. The molecule has 0 saturated carbocycles. The van der Waals surface area contributed by atoms with E-state index in [9.17, 15) is 9.59 Å². The highest BCUT2D eigenvalue weighted by Gasteiger charge is 2.22. The second-order valence-corrected chi connectivity index (χ2v) is 3.85. The Morgan fingerprint density at radius 2 is 2.00 bits per heavy atom. The molecule has 2 atom stereocenters. The van der Waals surface area contributed by atoms with Crippen molar-refractivity contribution in [3.63, 3.8) is 0 Å². The van der Waals surface area contributed by atoms with E-state index in [1.54, 1.807) is 6.92 Å². The molecular formula is C11H21NO3. The summed E-state index contributed by atoms with van der Waals surface area (Å²) in [6.07, 6.45) is 2.54. The summed E-state index contributed by atoms with van der Waals surface area (Å²) in [5, 5.41) is 0. The molecule has 2 N–H and O–H groups in total. The van der Waals surface area contributed by atoms with Gasteiger partial charge >= 0.3 is 5.97 Å². The molecule has 4 heteroatoms. The lowest BCUT2D eigenvalue weighted by Crippen LogP contribution is -2.37. The van der Waals surface area contributed by atoms with Gasteiger partial charge in [0.15, 0.2) is 0 Å². The number of ether oxygens (including phenoxy) is 1. The number of carbonyl (C=O) groups excluding carboxylic acids is 2. The summed E-state index contributed by atoms with van der Waals surface area (Å²) in [6.45, 7) is 3.82. The standard InChI is InChI=1S/C11H21NO3/c1-4-5-6-9(13)11(12)8(2)7-10(14)15-3/h8,11H,4-7,12H2,1-3H3. The second-order valence-electron chi connectivity index (χ2n) is 3.85. The molecule has 0 aromatic carbocycles. The van der Waals surface area contributed by atoms with Crippen LogP contribution in [0.5, 0.6) is 0 Å². The van der Waals surface area contributed by atoms with Gasteiger partial charge in [0.25, 0.3) is 0 Å². The minimum Gasteiger partial charge on any atom is -0.469 e. The molecule has 0 aromatic heterocycles. The molecule has 0 aliphatic carbocycles. The SMILES string of the molecule is CCCCC(=O)C(N)C(C)CC(=O)OC. The molecule has 0 aliphatic rings. The molecule has 0 aromatic rings. The number of nitrogens with two attached hydrogens (primary N) is 1. The van der Waals surface area contributed by atoms with Crippen LogP contribution in [0.4, 0.5) is 0 Å². The van der Waals surface area contributed by atoms with E-state index < -0.39 is 6.04 Å². The molecule has 0 radical (unpaired) electrons. The molecule has 88 valence electrons. The van der Waals surface area contributed by atoms with Gasteiger partial charge in [-0.05, 0) is 12.3 Å². The van der Waals surface area contributed by atoms with Crippen molar-refractivity contribution in [1.82, 2.24) is 0 Å². The second kappa shape index (κ2) is 7.40. The number of hydrogen-bond acceptors (Lipinski definition) is 4. The van der Waals surface area contributed by atoms with Crippen LogP contribution >= 0.6 is 0 Å². The predicted octanol–water partition coefficient (Wildman–Crippen LogP) is 1.27. The van der Waals surface area contributed by atoms with Crippen LogP contribution in [0, 0.1) is 5.92 Å². The van der Waals surface area contributed by atoms with Crippen molar-refractivity contribution in [2.24, 2.45) is 11.7 Å². The van der Waals surface area contributed by atoms with Crippen molar-refractivity contribution < 1.29 is 14.3 Å². The van der Waals surface area contributed by atoms with Gasteiger partial charge < -0.3 is 10.5 Å². The van der Waals surface area contributed by atoms with Gasteiger partial charge in [0.05, 0.1) is 13.2 Å². The minimum atomic E-state index is -0.546. The van der Waals surface area contributed by atoms with E-state index in [0.29, 0.717) is 6.42 Å². The minimum absolute atomic E-state index is 0.0354. The van der Waals surface area contributed by atoms with Crippen molar-refractivity contribution in [3.8, 4) is 0 Å². The predicted molar refractivity (Wildman–Crippen MR) is 58.3 cm³/mol. The van der Waals surface area contributed by atoms with Crippen LogP contribution < -0.4 is 5.73 Å². The van der Waals surface area contributed by atoms with Gasteiger partial charge in [0, 0.05) is 12.8 Å². The highest BCUT2D eigenvalue weighted by molar-refractivity contribution is 5.84. The summed E-state index contributed by atoms with van der Waals surface area (Å²) in [5.41, 5.74) is 5.75. The maximum Gasteiger partial charge on any atom is 0.305 e. The quantitative estimate of drug-likeness (QED) is 0.649. The van der Waals surface area contributed by atoms with Crippen LogP contribution in [0.2, 0.25) is 0 Å². The molecule has 0 amide bonds. The lowest BCUT2D eigenvalue weighted by molar-refractivity contribution is -0.141. The molecule has 15 heavy (non-hydrogen) atoms. The molecule has 0 spiro atoms. The molecular weight excluding hydrogens is 194 g/mol. The third-order valence-corrected chi connectivity index (χ3v) is 2.48. The molecule has 4 nitrogen and oxygen atoms in total. The molecule has 0 bridgehead atoms. The summed E-state index contributed by atoms with van der Waals surface area (Å²) in [4.78, 5) is 22.5. The monoisotopic (exact) mass is 215 g/mol. The first-order valence-corrected chi connectivity index (χ1v) is 5.38. The van der Waals surface area contributed by atoms with Gasteiger partial charge in [-0.1, -0.05) is 20.3 Å². The number of Topliss-reactive ketones (excluding diaryl/α,β-unsaturated/α-hetero) is 1. The van der Waals surface area contributed by atoms with Crippen LogP contribution in [-0.2, 0) is 14.3 Å². The normalized spacial score (nSPS) is 14.4. The number of unbranched alkanes of at least 4 members (excludes halogenated alkanes) is 1. The summed E-state index contributed by atoms with van der Waals surface area (Å²) in [6, 6.07) is -0.546. The van der Waals surface area contributed by atoms with Gasteiger partial charge in [-0.2, -0.15) is 0 Å². The van der Waals surface area contributed by atoms with Gasteiger partial charge in [0.2, 0.25) is 0 Å². The van der Waals surface area contributed by atoms with Crippen LogP contribution in [0.25, 0.3) is 0 Å². The largest absolute Gasteiger partial charge is 0.469 e. The number of methoxy groups -OCH3 is 1. The number of hydrogen-bond donors (Lipinski definition) is 1. The molecule has 0 rings (SSSR count). The van der Waals surface area contributed by atoms with Crippen LogP contribution in [-0.4, -0.2) is 24.9 Å². The van der Waals surface area contributed by atoms with E-state index in [0.717, 1.165) is 12.8 Å². The molecule has 2 unspecified atom stereocenters. The first kappa shape index (κ1) is 14.1. The Labute approximate surface area is 91.2 Å². The Kier molecular flexibility index (Phi) is 6.96. The number of carbonyl (C=O) groups is 2. The third kappa shape index (κ3) is 5.52. The van der Waals surface area contributed by atoms with Gasteiger partial charge in [-0.15, -0.1) is 0 Å². The van der Waals surface area contributed by atoms with E-state index in [-0.39, 0.29) is 24.1 Å². The van der Waals surface area contributed by atoms with Crippen molar-refractivity contribution in [1.29, 1.82) is 0 Å². The lowest BCUT2D eigenvalue weighted by atomic mass is 9.93. The first-order chi connectivity index (χ1) is 7.02. The van der Waals surface area contributed by atoms with E-state index in [4.69, 9.17) is 5.73 Å². The van der Waals surface area contributed by atoms with Crippen molar-refractivity contribution >= 4 is 11.8 Å². The van der Waals surface area contributed by atoms with E-state index >= 15 is 0 Å². The van der Waals surface area contributed by atoms with Crippen LogP contribution in [0.3, 0.4) is 0 Å². The van der Waals surface area contributed by atoms with Gasteiger partial charge in [-0.25, -0.2) is 0 Å². The van der Waals surface area contributed by atoms with Crippen molar-refractivity contribution in [3.05, 3.63) is 0 Å². The van der Waals surface area contributed by atoms with E-state index in [1.165, 1.54) is 7.11 Å². The highest BCUT2D eigenvalue weighted by atomic mass is 16.5. The van der Waals surface area contributed by atoms with Crippen LogP contribution in [0.1, 0.15) is 39.5 Å². The fourth-order valence-corrected chi connectivity index (χ4v) is 1.31. The Balaban J connectivity index is 4.01. The summed E-state index contributed by atoms with van der Waals surface area (Å²) >= 11 is 0. The van der Waals surface area contributed by atoms with Crippen molar-refractivity contribution in [2.75, 3.05) is 7.11 Å². The number of rotatable bonds is 7. The molecule has 0 saturated heterocycles. The van der Waals surface area contributed by atoms with Crippen molar-refractivity contribution in [2.45, 2.75) is 45.6 Å². The topological polar surface area (TPSA) is 69.4 Å². The Morgan fingerprint density at radius 1 is 1.40 bits per heavy atom. The average molecular weight is 215 g/mol. The van der Waals surface area contributed by atoms with Crippen LogP contribution in [0.15, 0.2) is 0 Å². The molecule has 0 fully saturated rings. The number of ketones is 1. The fraction of sp³-hybridized carbons (Fsp3) is 0.818. The van der Waals surface area contributed by atoms with E-state index in [2.05, 4.69) is 4.74 Å². The van der Waals surface area contributed by atoms with E-state index in [1.807, 2.05) is 6.92 Å². The third-order valence-electron chi connectivity index (χ3n) is 2.48. The zero-order valence-electron chi connectivity index (χ0n) is 9.79. The van der Waals surface area contributed by atoms with Gasteiger partial charge in [0.1, 0.15) is 5.78 Å². The maximum absolute atomic E-state index is 11.5. The fourth-order valence-electron chi connectivity index (χ4n) is 1.31. The Morgan fingerprint density at radius 3 is 2.47 bits per heavy atom. The number of esters is 1. The molecule has 0 aliphatic heterocycles.